The van der Waals surface area contributed by atoms with Gasteiger partial charge in [-0.15, -0.1) is 0 Å². The van der Waals surface area contributed by atoms with Crippen LogP contribution in [-0.4, -0.2) is 42.6 Å². The van der Waals surface area contributed by atoms with Crippen LogP contribution in [0.2, 0.25) is 0 Å². The molecule has 1 unspecified atom stereocenters. The molecular formula is C14H21N3O6S. The number of carbonyl (C=O) groups is 2. The van der Waals surface area contributed by atoms with Gasteiger partial charge in [-0.1, -0.05) is 5.16 Å². The van der Waals surface area contributed by atoms with E-state index in [0.717, 1.165) is 0 Å². The predicted molar refractivity (Wildman–Crippen MR) is 82.7 cm³/mol. The van der Waals surface area contributed by atoms with Gasteiger partial charge in [-0.05, 0) is 40.0 Å². The molecule has 0 spiro atoms. The second-order valence-electron chi connectivity index (χ2n) is 6.05. The molecule has 3 atom stereocenters. The molecule has 2 rings (SSSR count). The molecule has 0 saturated heterocycles. The zero-order chi connectivity index (χ0) is 18.1. The van der Waals surface area contributed by atoms with Crippen molar-refractivity contribution in [3.05, 3.63) is 11.5 Å². The van der Waals surface area contributed by atoms with Crippen LogP contribution in [0.5, 0.6) is 0 Å². The Bertz CT molecular complexity index is 722. The zero-order valence-electron chi connectivity index (χ0n) is 13.7. The number of nitrogens with one attached hydrogen (secondary N) is 2. The van der Waals surface area contributed by atoms with Crippen LogP contribution >= 0.6 is 0 Å². The minimum Gasteiger partial charge on any atom is -0.481 e. The summed E-state index contributed by atoms with van der Waals surface area (Å²) >= 11 is 0. The summed E-state index contributed by atoms with van der Waals surface area (Å²) < 4.78 is 31.9. The maximum absolute atomic E-state index is 12.4. The molecule has 3 N–H and O–H groups in total. The lowest BCUT2D eigenvalue weighted by molar-refractivity contribution is -0.141. The molecule has 1 fully saturated rings. The van der Waals surface area contributed by atoms with Crippen molar-refractivity contribution < 1.29 is 27.6 Å². The molecule has 1 aliphatic rings. The van der Waals surface area contributed by atoms with Gasteiger partial charge in [0.25, 0.3) is 0 Å². The molecule has 10 heteroatoms. The fourth-order valence-electron chi connectivity index (χ4n) is 2.87. The molecule has 1 saturated carbocycles. The van der Waals surface area contributed by atoms with Gasteiger partial charge in [-0.25, -0.2) is 8.42 Å². The van der Waals surface area contributed by atoms with E-state index in [0.29, 0.717) is 19.3 Å². The quantitative estimate of drug-likeness (QED) is 0.665. The van der Waals surface area contributed by atoms with Crippen molar-refractivity contribution in [1.29, 1.82) is 0 Å². The molecule has 1 aromatic heterocycles. The van der Waals surface area contributed by atoms with Crippen LogP contribution in [0.3, 0.4) is 0 Å². The van der Waals surface area contributed by atoms with Crippen LogP contribution in [0.4, 0.5) is 0 Å². The molecule has 1 heterocycles. The molecule has 0 aliphatic heterocycles. The van der Waals surface area contributed by atoms with E-state index < -0.39 is 33.9 Å². The number of carboxylic acids is 1. The smallest absolute Gasteiger partial charge is 0.306 e. The zero-order valence-corrected chi connectivity index (χ0v) is 14.5. The van der Waals surface area contributed by atoms with Gasteiger partial charge in [0.1, 0.15) is 10.6 Å². The molecule has 0 radical (unpaired) electrons. The monoisotopic (exact) mass is 359 g/mol. The van der Waals surface area contributed by atoms with Gasteiger partial charge in [0, 0.05) is 6.04 Å². The summed E-state index contributed by atoms with van der Waals surface area (Å²) in [5.74, 6) is -1.70. The molecule has 1 aromatic rings. The number of rotatable bonds is 6. The van der Waals surface area contributed by atoms with Crippen molar-refractivity contribution in [3.63, 3.8) is 0 Å². The summed E-state index contributed by atoms with van der Waals surface area (Å²) in [7, 11) is -3.94. The van der Waals surface area contributed by atoms with Crippen molar-refractivity contribution in [2.24, 2.45) is 5.92 Å². The summed E-state index contributed by atoms with van der Waals surface area (Å²) in [5, 5.41) is 15.3. The summed E-state index contributed by atoms with van der Waals surface area (Å²) in [6.07, 6.45) is 1.41. The average molecular weight is 359 g/mol. The Labute approximate surface area is 139 Å². The Morgan fingerprint density at radius 3 is 2.50 bits per heavy atom. The highest BCUT2D eigenvalue weighted by Gasteiger charge is 2.33. The summed E-state index contributed by atoms with van der Waals surface area (Å²) in [6.45, 7) is 4.40. The van der Waals surface area contributed by atoms with Crippen LogP contribution in [0.1, 0.15) is 37.6 Å². The number of aromatic nitrogens is 1. The molecule has 9 nitrogen and oxygen atoms in total. The van der Waals surface area contributed by atoms with Gasteiger partial charge < -0.3 is 14.9 Å². The van der Waals surface area contributed by atoms with E-state index in [4.69, 9.17) is 9.63 Å². The third-order valence-electron chi connectivity index (χ3n) is 4.09. The van der Waals surface area contributed by atoms with Gasteiger partial charge in [-0.3, -0.25) is 9.59 Å². The highest BCUT2D eigenvalue weighted by molar-refractivity contribution is 7.89. The van der Waals surface area contributed by atoms with Crippen LogP contribution < -0.4 is 10.0 Å². The molecule has 134 valence electrons. The first-order valence-electron chi connectivity index (χ1n) is 7.60. The van der Waals surface area contributed by atoms with Crippen molar-refractivity contribution in [1.82, 2.24) is 15.2 Å². The average Bonchev–Trinajstić information content (AvgIpc) is 3.05. The number of aliphatic carboxylic acids is 1. The first-order valence-corrected chi connectivity index (χ1v) is 9.08. The van der Waals surface area contributed by atoms with Crippen LogP contribution in [-0.2, 0) is 19.6 Å². The standard InChI is InChI=1S/C14H21N3O6S/c1-7-12(9(3)23-16-7)24(21,22)17-8(2)13(18)15-11-5-4-10(6-11)14(19)20/h8,10-11,17H,4-6H2,1-3H3,(H,15,18)(H,19,20)/t8?,10-,11+/m1/s1. The SMILES string of the molecule is Cc1noc(C)c1S(=O)(=O)NC(C)C(=O)N[C@H]1CC[C@@H](C(=O)O)C1. The van der Waals surface area contributed by atoms with Crippen molar-refractivity contribution in [3.8, 4) is 0 Å². The van der Waals surface area contributed by atoms with Crippen LogP contribution in [0.15, 0.2) is 9.42 Å². The van der Waals surface area contributed by atoms with Crippen LogP contribution in [0.25, 0.3) is 0 Å². The van der Waals surface area contributed by atoms with Crippen molar-refractivity contribution >= 4 is 21.9 Å². The highest BCUT2D eigenvalue weighted by Crippen LogP contribution is 2.25. The molecule has 0 aromatic carbocycles. The molecule has 1 amide bonds. The predicted octanol–water partition coefficient (Wildman–Crippen LogP) is 0.328. The fraction of sp³-hybridized carbons (Fsp3) is 0.643. The Balaban J connectivity index is 1.98. The summed E-state index contributed by atoms with van der Waals surface area (Å²) in [4.78, 5) is 23.0. The fourth-order valence-corrected chi connectivity index (χ4v) is 4.40. The number of nitrogens with zero attached hydrogens (tertiary/aromatic N) is 1. The third-order valence-corrected chi connectivity index (χ3v) is 5.87. The van der Waals surface area contributed by atoms with Gasteiger partial charge in [-0.2, -0.15) is 4.72 Å². The normalized spacial score (nSPS) is 22.3. The van der Waals surface area contributed by atoms with E-state index in [1.165, 1.54) is 20.8 Å². The van der Waals surface area contributed by atoms with E-state index in [2.05, 4.69) is 15.2 Å². The largest absolute Gasteiger partial charge is 0.481 e. The summed E-state index contributed by atoms with van der Waals surface area (Å²) in [6, 6.07) is -1.27. The number of aryl methyl sites for hydroxylation is 2. The van der Waals surface area contributed by atoms with E-state index in [1.807, 2.05) is 0 Å². The first kappa shape index (κ1) is 18.4. The van der Waals surface area contributed by atoms with Gasteiger partial charge in [0.2, 0.25) is 15.9 Å². The van der Waals surface area contributed by atoms with Gasteiger partial charge in [0.05, 0.1) is 12.0 Å². The maximum atomic E-state index is 12.4. The third kappa shape index (κ3) is 3.93. The maximum Gasteiger partial charge on any atom is 0.306 e. The number of sulfonamides is 1. The lowest BCUT2D eigenvalue weighted by Gasteiger charge is -2.18. The topological polar surface area (TPSA) is 139 Å². The number of hydrogen-bond donors (Lipinski definition) is 3. The Kier molecular flexibility index (Phi) is 5.29. The highest BCUT2D eigenvalue weighted by atomic mass is 32.2. The van der Waals surface area contributed by atoms with Gasteiger partial charge >= 0.3 is 5.97 Å². The second kappa shape index (κ2) is 6.89. The van der Waals surface area contributed by atoms with E-state index >= 15 is 0 Å². The molecule has 24 heavy (non-hydrogen) atoms. The molecule has 0 bridgehead atoms. The lowest BCUT2D eigenvalue weighted by Crippen LogP contribution is -2.47. The summed E-state index contributed by atoms with van der Waals surface area (Å²) in [5.41, 5.74) is 0.215. The lowest BCUT2D eigenvalue weighted by atomic mass is 10.1. The van der Waals surface area contributed by atoms with Crippen molar-refractivity contribution in [2.75, 3.05) is 0 Å². The van der Waals surface area contributed by atoms with Crippen molar-refractivity contribution in [2.45, 2.75) is 57.0 Å². The molecule has 1 aliphatic carbocycles. The van der Waals surface area contributed by atoms with E-state index in [-0.39, 0.29) is 22.4 Å². The second-order valence-corrected chi connectivity index (χ2v) is 7.70. The minimum absolute atomic E-state index is 0.0750. The first-order chi connectivity index (χ1) is 11.1. The Morgan fingerprint density at radius 2 is 2.00 bits per heavy atom. The molecular weight excluding hydrogens is 338 g/mol. The number of carboxylic acid groups (broad SMARTS) is 1. The van der Waals surface area contributed by atoms with Crippen LogP contribution in [0, 0.1) is 19.8 Å². The van der Waals surface area contributed by atoms with E-state index in [9.17, 15) is 18.0 Å². The minimum atomic E-state index is -3.94. The Morgan fingerprint density at radius 1 is 1.33 bits per heavy atom. The Hall–Kier alpha value is -1.94. The number of carbonyl (C=O) groups excluding carboxylic acids is 1. The number of hydrogen-bond acceptors (Lipinski definition) is 6. The van der Waals surface area contributed by atoms with Gasteiger partial charge in [0.15, 0.2) is 5.76 Å². The number of amides is 1. The van der Waals surface area contributed by atoms with E-state index in [1.54, 1.807) is 0 Å².